The summed E-state index contributed by atoms with van der Waals surface area (Å²) >= 11 is 2.66. The molecule has 0 aliphatic rings. The number of carbonyl (C=O) groups excluding carboxylic acids is 1. The Labute approximate surface area is 122 Å². The van der Waals surface area contributed by atoms with Crippen LogP contribution in [-0.4, -0.2) is 31.5 Å². The lowest BCUT2D eigenvalue weighted by molar-refractivity contribution is -0.113. The lowest BCUT2D eigenvalue weighted by Crippen LogP contribution is -2.15. The number of nitrogens with two attached hydrogens (primary N) is 1. The normalized spacial score (nSPS) is 10.8. The second-order valence-corrected chi connectivity index (χ2v) is 5.82. The van der Waals surface area contributed by atoms with E-state index in [2.05, 4.69) is 20.5 Å². The first-order valence-corrected chi connectivity index (χ1v) is 7.46. The number of hydrogen-bond donors (Lipinski definition) is 2. The Hall–Kier alpha value is -2.13. The van der Waals surface area contributed by atoms with Gasteiger partial charge >= 0.3 is 0 Å². The summed E-state index contributed by atoms with van der Waals surface area (Å²) in [5, 5.41) is 11.3. The van der Waals surface area contributed by atoms with Crippen LogP contribution >= 0.6 is 23.1 Å². The number of thioether (sulfide) groups is 1. The number of nitrogens with zero attached hydrogens (tertiary/aromatic N) is 4. The Bertz CT molecular complexity index is 719. The third-order valence-electron chi connectivity index (χ3n) is 2.41. The zero-order chi connectivity index (χ0) is 13.9. The summed E-state index contributed by atoms with van der Waals surface area (Å²) in [5.41, 5.74) is 0.877. The minimum atomic E-state index is -0.156. The maximum atomic E-state index is 11.8. The molecule has 0 aliphatic carbocycles. The quantitative estimate of drug-likeness (QED) is 0.557. The van der Waals surface area contributed by atoms with E-state index in [0.29, 0.717) is 10.3 Å². The first-order chi connectivity index (χ1) is 9.72. The highest BCUT2D eigenvalue weighted by Gasteiger charge is 2.10. The van der Waals surface area contributed by atoms with Gasteiger partial charge in [-0.2, -0.15) is 0 Å². The Morgan fingerprint density at radius 3 is 3.05 bits per heavy atom. The molecule has 3 N–H and O–H groups in total. The van der Waals surface area contributed by atoms with Gasteiger partial charge in [0, 0.05) is 0 Å². The second kappa shape index (κ2) is 5.47. The number of aromatic nitrogens is 4. The van der Waals surface area contributed by atoms with Gasteiger partial charge in [-0.3, -0.25) is 4.79 Å². The number of benzene rings is 1. The van der Waals surface area contributed by atoms with Gasteiger partial charge in [0.25, 0.3) is 0 Å². The Morgan fingerprint density at radius 1 is 1.45 bits per heavy atom. The molecule has 3 aromatic rings. The summed E-state index contributed by atoms with van der Waals surface area (Å²) in [7, 11) is 0. The average Bonchev–Trinajstić information content (AvgIpc) is 3.01. The van der Waals surface area contributed by atoms with Gasteiger partial charge in [0.05, 0.1) is 16.0 Å². The zero-order valence-electron chi connectivity index (χ0n) is 10.2. The van der Waals surface area contributed by atoms with E-state index in [9.17, 15) is 4.79 Å². The predicted octanol–water partition coefficient (Wildman–Crippen LogP) is 1.33. The van der Waals surface area contributed by atoms with Gasteiger partial charge in [-0.25, -0.2) is 9.66 Å². The highest BCUT2D eigenvalue weighted by Crippen LogP contribution is 2.25. The largest absolute Gasteiger partial charge is 0.336 e. The van der Waals surface area contributed by atoms with Gasteiger partial charge in [0.15, 0.2) is 5.13 Å². The molecule has 20 heavy (non-hydrogen) atoms. The van der Waals surface area contributed by atoms with Crippen LogP contribution in [-0.2, 0) is 4.79 Å². The van der Waals surface area contributed by atoms with E-state index in [1.165, 1.54) is 34.1 Å². The molecule has 0 saturated carbocycles. The predicted molar refractivity (Wildman–Crippen MR) is 79.1 cm³/mol. The molecule has 0 fully saturated rings. The van der Waals surface area contributed by atoms with Crippen molar-refractivity contribution >= 4 is 44.4 Å². The topological polar surface area (TPSA) is 98.7 Å². The second-order valence-electron chi connectivity index (χ2n) is 3.84. The van der Waals surface area contributed by atoms with Crippen LogP contribution in [0, 0.1) is 0 Å². The summed E-state index contributed by atoms with van der Waals surface area (Å²) in [5.74, 6) is 5.60. The van der Waals surface area contributed by atoms with Crippen molar-refractivity contribution < 1.29 is 4.79 Å². The number of carbonyl (C=O) groups is 1. The molecule has 102 valence electrons. The number of thiazole rings is 1. The standard InChI is InChI=1S/C11H10N6OS2/c12-17-6-13-16-11(17)19-5-9(18)15-10-14-7-3-1-2-4-8(7)20-10/h1-4,6H,5,12H2,(H,14,15,18). The molecule has 0 unspecified atom stereocenters. The molecule has 9 heteroatoms. The number of anilines is 1. The van der Waals surface area contributed by atoms with Crippen LogP contribution < -0.4 is 11.2 Å². The monoisotopic (exact) mass is 306 g/mol. The molecular formula is C11H10N6OS2. The van der Waals surface area contributed by atoms with Crippen LogP contribution in [0.4, 0.5) is 5.13 Å². The van der Waals surface area contributed by atoms with Gasteiger partial charge in [-0.15, -0.1) is 10.2 Å². The van der Waals surface area contributed by atoms with Crippen LogP contribution in [0.5, 0.6) is 0 Å². The van der Waals surface area contributed by atoms with Crippen molar-refractivity contribution in [3.8, 4) is 0 Å². The Balaban J connectivity index is 1.62. The molecular weight excluding hydrogens is 296 g/mol. The molecule has 0 radical (unpaired) electrons. The number of fused-ring (bicyclic) bond motifs is 1. The summed E-state index contributed by atoms with van der Waals surface area (Å²) in [6.45, 7) is 0. The molecule has 7 nitrogen and oxygen atoms in total. The first kappa shape index (κ1) is 12.9. The van der Waals surface area contributed by atoms with E-state index in [1.807, 2.05) is 24.3 Å². The number of rotatable bonds is 4. The number of nitrogen functional groups attached to an aromatic ring is 1. The molecule has 0 aliphatic heterocycles. The van der Waals surface area contributed by atoms with Gasteiger partial charge in [-0.1, -0.05) is 35.2 Å². The minimum absolute atomic E-state index is 0.156. The fraction of sp³-hybridized carbons (Fsp3) is 0.0909. The smallest absolute Gasteiger partial charge is 0.236 e. The van der Waals surface area contributed by atoms with Crippen molar-refractivity contribution in [2.45, 2.75) is 5.16 Å². The molecule has 0 atom stereocenters. The van der Waals surface area contributed by atoms with Crippen LogP contribution in [0.1, 0.15) is 0 Å². The van der Waals surface area contributed by atoms with E-state index in [4.69, 9.17) is 5.84 Å². The highest BCUT2D eigenvalue weighted by molar-refractivity contribution is 7.99. The molecule has 0 bridgehead atoms. The van der Waals surface area contributed by atoms with Gasteiger partial charge in [-0.05, 0) is 12.1 Å². The van der Waals surface area contributed by atoms with E-state index in [0.717, 1.165) is 10.2 Å². The molecule has 3 rings (SSSR count). The van der Waals surface area contributed by atoms with Crippen molar-refractivity contribution in [2.24, 2.45) is 0 Å². The maximum absolute atomic E-state index is 11.8. The van der Waals surface area contributed by atoms with Gasteiger partial charge < -0.3 is 11.2 Å². The molecule has 2 heterocycles. The first-order valence-electron chi connectivity index (χ1n) is 5.66. The molecule has 1 aromatic carbocycles. The number of hydrogen-bond acceptors (Lipinski definition) is 7. The minimum Gasteiger partial charge on any atom is -0.336 e. The van der Waals surface area contributed by atoms with Gasteiger partial charge in [0.2, 0.25) is 11.1 Å². The zero-order valence-corrected chi connectivity index (χ0v) is 11.8. The van der Waals surface area contributed by atoms with Crippen LogP contribution in [0.3, 0.4) is 0 Å². The van der Waals surface area contributed by atoms with Crippen LogP contribution in [0.25, 0.3) is 10.2 Å². The fourth-order valence-electron chi connectivity index (χ4n) is 1.55. The summed E-state index contributed by atoms with van der Waals surface area (Å²) < 4.78 is 2.31. The summed E-state index contributed by atoms with van der Waals surface area (Å²) in [4.78, 5) is 16.2. The van der Waals surface area contributed by atoms with Crippen molar-refractivity contribution in [3.05, 3.63) is 30.6 Å². The van der Waals surface area contributed by atoms with E-state index < -0.39 is 0 Å². The van der Waals surface area contributed by atoms with Crippen molar-refractivity contribution in [3.63, 3.8) is 0 Å². The average molecular weight is 306 g/mol. The summed E-state index contributed by atoms with van der Waals surface area (Å²) in [6, 6.07) is 7.73. The maximum Gasteiger partial charge on any atom is 0.236 e. The Morgan fingerprint density at radius 2 is 2.30 bits per heavy atom. The molecule has 0 spiro atoms. The number of para-hydroxylation sites is 1. The van der Waals surface area contributed by atoms with E-state index in [-0.39, 0.29) is 11.7 Å². The van der Waals surface area contributed by atoms with Crippen molar-refractivity contribution in [1.29, 1.82) is 0 Å². The van der Waals surface area contributed by atoms with Crippen molar-refractivity contribution in [1.82, 2.24) is 19.9 Å². The highest BCUT2D eigenvalue weighted by atomic mass is 32.2. The summed E-state index contributed by atoms with van der Waals surface area (Å²) in [6.07, 6.45) is 1.38. The van der Waals surface area contributed by atoms with E-state index in [1.54, 1.807) is 0 Å². The third kappa shape index (κ3) is 2.73. The van der Waals surface area contributed by atoms with Gasteiger partial charge in [0.1, 0.15) is 6.33 Å². The fourth-order valence-corrected chi connectivity index (χ4v) is 3.06. The molecule has 1 amide bonds. The Kier molecular flexibility index (Phi) is 3.52. The van der Waals surface area contributed by atoms with Crippen LogP contribution in [0.15, 0.2) is 35.7 Å². The lowest BCUT2D eigenvalue weighted by Gasteiger charge is -2.00. The SMILES string of the molecule is Nn1cnnc1SCC(=O)Nc1nc2ccccc2s1. The third-order valence-corrected chi connectivity index (χ3v) is 4.32. The number of nitrogens with one attached hydrogen (secondary N) is 1. The molecule has 0 saturated heterocycles. The lowest BCUT2D eigenvalue weighted by atomic mass is 10.3. The van der Waals surface area contributed by atoms with Crippen molar-refractivity contribution in [2.75, 3.05) is 16.9 Å². The van der Waals surface area contributed by atoms with E-state index >= 15 is 0 Å². The number of amides is 1. The molecule has 2 aromatic heterocycles. The van der Waals surface area contributed by atoms with Crippen LogP contribution in [0.2, 0.25) is 0 Å².